The first kappa shape index (κ1) is 20.0. The summed E-state index contributed by atoms with van der Waals surface area (Å²) in [5, 5.41) is 4.99. The van der Waals surface area contributed by atoms with Gasteiger partial charge >= 0.3 is 0 Å². The van der Waals surface area contributed by atoms with E-state index in [0.717, 1.165) is 42.5 Å². The van der Waals surface area contributed by atoms with Crippen molar-refractivity contribution in [1.29, 1.82) is 0 Å². The summed E-state index contributed by atoms with van der Waals surface area (Å²) in [6.07, 6.45) is 0. The van der Waals surface area contributed by atoms with E-state index in [9.17, 15) is 30.4 Å². The molecule has 0 aliphatic heterocycles. The fourth-order valence-electron chi connectivity index (χ4n) is 2.79. The highest BCUT2D eigenvalue weighted by Gasteiger charge is 2.27. The third-order valence-electron chi connectivity index (χ3n) is 4.19. The molecule has 0 unspecified atom stereocenters. The van der Waals surface area contributed by atoms with Crippen LogP contribution in [-0.2, 0) is 10.0 Å². The number of nitrogens with two attached hydrogens (primary N) is 1. The normalized spacial score (nSPS) is 11.7. The fourth-order valence-corrected chi connectivity index (χ4v) is 3.30. The molecule has 0 aliphatic carbocycles. The maximum Gasteiger partial charge on any atom is 0.238 e. The first-order valence-electron chi connectivity index (χ1n) is 7.78. The molecule has 3 aromatic carbocycles. The van der Waals surface area contributed by atoms with Crippen LogP contribution in [0.5, 0.6) is 0 Å². The van der Waals surface area contributed by atoms with Crippen LogP contribution in [0.1, 0.15) is 5.56 Å². The molecule has 0 aromatic heterocycles. The summed E-state index contributed by atoms with van der Waals surface area (Å²) in [5.41, 5.74) is -1.39. The highest BCUT2D eigenvalue weighted by molar-refractivity contribution is 7.89. The Balaban J connectivity index is 2.35. The van der Waals surface area contributed by atoms with E-state index in [-0.39, 0.29) is 21.6 Å². The minimum Gasteiger partial charge on any atom is -0.225 e. The van der Waals surface area contributed by atoms with Gasteiger partial charge in [0, 0.05) is 11.1 Å². The van der Waals surface area contributed by atoms with Gasteiger partial charge in [-0.1, -0.05) is 18.2 Å². The minimum atomic E-state index is -4.05. The first-order valence-corrected chi connectivity index (χ1v) is 9.32. The molecule has 3 nitrogen and oxygen atoms in total. The van der Waals surface area contributed by atoms with E-state index in [2.05, 4.69) is 0 Å². The predicted molar refractivity (Wildman–Crippen MR) is 93.2 cm³/mol. The van der Waals surface area contributed by atoms with Crippen LogP contribution in [0.25, 0.3) is 22.3 Å². The third kappa shape index (κ3) is 3.38. The Morgan fingerprint density at radius 3 is 1.64 bits per heavy atom. The Morgan fingerprint density at radius 1 is 0.714 bits per heavy atom. The Kier molecular flexibility index (Phi) is 4.99. The van der Waals surface area contributed by atoms with Crippen molar-refractivity contribution in [2.45, 2.75) is 11.8 Å². The first-order chi connectivity index (χ1) is 13.0. The third-order valence-corrected chi connectivity index (χ3v) is 5.11. The molecule has 3 aromatic rings. The molecule has 0 atom stereocenters. The zero-order valence-electron chi connectivity index (χ0n) is 14.2. The largest absolute Gasteiger partial charge is 0.238 e. The van der Waals surface area contributed by atoms with Crippen LogP contribution >= 0.6 is 0 Å². The number of sulfonamides is 1. The van der Waals surface area contributed by atoms with E-state index in [0.29, 0.717) is 0 Å². The van der Waals surface area contributed by atoms with Crippen LogP contribution in [0.15, 0.2) is 47.4 Å². The van der Waals surface area contributed by atoms with Gasteiger partial charge in [-0.3, -0.25) is 0 Å². The second kappa shape index (κ2) is 6.99. The lowest BCUT2D eigenvalue weighted by atomic mass is 9.92. The van der Waals surface area contributed by atoms with Gasteiger partial charge in [-0.2, -0.15) is 0 Å². The molecule has 3 rings (SSSR count). The summed E-state index contributed by atoms with van der Waals surface area (Å²) < 4.78 is 93.2. The molecule has 0 aliphatic rings. The number of aryl methyl sites for hydroxylation is 1. The molecule has 0 radical (unpaired) electrons. The Hall–Kier alpha value is -2.78. The van der Waals surface area contributed by atoms with Crippen molar-refractivity contribution >= 4 is 10.0 Å². The molecule has 0 heterocycles. The summed E-state index contributed by atoms with van der Waals surface area (Å²) in [4.78, 5) is -0.307. The van der Waals surface area contributed by atoms with Crippen LogP contribution in [0.2, 0.25) is 0 Å². The van der Waals surface area contributed by atoms with Crippen LogP contribution < -0.4 is 5.14 Å². The predicted octanol–water partition coefficient (Wildman–Crippen LogP) is 4.67. The van der Waals surface area contributed by atoms with Crippen molar-refractivity contribution in [2.24, 2.45) is 5.14 Å². The Bertz CT molecular complexity index is 1190. The quantitative estimate of drug-likeness (QED) is 0.385. The van der Waals surface area contributed by atoms with Gasteiger partial charge in [-0.15, -0.1) is 0 Å². The minimum absolute atomic E-state index is 0.0811. The maximum absolute atomic E-state index is 14.6. The molecular weight excluding hydrogens is 401 g/mol. The van der Waals surface area contributed by atoms with E-state index in [4.69, 9.17) is 5.14 Å². The average Bonchev–Trinajstić information content (AvgIpc) is 2.64. The second-order valence-electron chi connectivity index (χ2n) is 6.04. The van der Waals surface area contributed by atoms with Gasteiger partial charge in [-0.05, 0) is 47.9 Å². The molecule has 0 amide bonds. The molecule has 0 fully saturated rings. The van der Waals surface area contributed by atoms with Gasteiger partial charge in [0.05, 0.1) is 4.90 Å². The van der Waals surface area contributed by atoms with Gasteiger partial charge < -0.3 is 0 Å². The lowest BCUT2D eigenvalue weighted by Crippen LogP contribution is -2.11. The molecule has 0 saturated heterocycles. The molecule has 9 heteroatoms. The standard InChI is InChI=1S/C19H12F5NO2S/c1-9-8-11(4-7-13(9)20)15-14(16(21)18(23)19(24)17(15)22)10-2-5-12(6-3-10)28(25,26)27/h2-8H,1H3,(H2,25,26,27). The summed E-state index contributed by atoms with van der Waals surface area (Å²) in [5.74, 6) is -7.98. The van der Waals surface area contributed by atoms with Crippen molar-refractivity contribution < 1.29 is 30.4 Å². The number of hydrogen-bond acceptors (Lipinski definition) is 2. The molecule has 2 N–H and O–H groups in total. The second-order valence-corrected chi connectivity index (χ2v) is 7.60. The van der Waals surface area contributed by atoms with E-state index in [1.165, 1.54) is 6.92 Å². The molecular formula is C19H12F5NO2S. The topological polar surface area (TPSA) is 60.2 Å². The van der Waals surface area contributed by atoms with Crippen molar-refractivity contribution in [3.63, 3.8) is 0 Å². The zero-order valence-corrected chi connectivity index (χ0v) is 15.0. The molecule has 146 valence electrons. The molecule has 0 saturated carbocycles. The average molecular weight is 413 g/mol. The number of primary sulfonamides is 1. The fraction of sp³-hybridized carbons (Fsp3) is 0.0526. The highest BCUT2D eigenvalue weighted by atomic mass is 32.2. The monoisotopic (exact) mass is 413 g/mol. The van der Waals surface area contributed by atoms with Crippen LogP contribution in [0.4, 0.5) is 22.0 Å². The van der Waals surface area contributed by atoms with Crippen LogP contribution in [-0.4, -0.2) is 8.42 Å². The van der Waals surface area contributed by atoms with E-state index >= 15 is 0 Å². The van der Waals surface area contributed by atoms with Gasteiger partial charge in [0.25, 0.3) is 0 Å². The lowest BCUT2D eigenvalue weighted by molar-refractivity contribution is 0.412. The van der Waals surface area contributed by atoms with Gasteiger partial charge in [0.15, 0.2) is 23.3 Å². The molecule has 28 heavy (non-hydrogen) atoms. The van der Waals surface area contributed by atoms with Gasteiger partial charge in [0.1, 0.15) is 5.82 Å². The number of hydrogen-bond donors (Lipinski definition) is 1. The highest BCUT2D eigenvalue weighted by Crippen LogP contribution is 2.39. The molecule has 0 bridgehead atoms. The maximum atomic E-state index is 14.6. The summed E-state index contributed by atoms with van der Waals surface area (Å²) in [6.45, 7) is 1.37. The zero-order chi connectivity index (χ0) is 20.8. The summed E-state index contributed by atoms with van der Waals surface area (Å²) >= 11 is 0. The van der Waals surface area contributed by atoms with Crippen LogP contribution in [0.3, 0.4) is 0 Å². The van der Waals surface area contributed by atoms with Crippen LogP contribution in [0, 0.1) is 36.0 Å². The van der Waals surface area contributed by atoms with Crippen molar-refractivity contribution in [3.8, 4) is 22.3 Å². The van der Waals surface area contributed by atoms with E-state index < -0.39 is 50.2 Å². The number of rotatable bonds is 3. The smallest absolute Gasteiger partial charge is 0.225 e. The van der Waals surface area contributed by atoms with E-state index in [1.807, 2.05) is 0 Å². The SMILES string of the molecule is Cc1cc(-c2c(F)c(F)c(F)c(F)c2-c2ccc(S(N)(=O)=O)cc2)ccc1F. The lowest BCUT2D eigenvalue weighted by Gasteiger charge is -2.15. The summed E-state index contributed by atoms with van der Waals surface area (Å²) in [6, 6.07) is 7.43. The number of benzene rings is 3. The van der Waals surface area contributed by atoms with Crippen molar-refractivity contribution in [3.05, 3.63) is 77.1 Å². The molecule has 0 spiro atoms. The van der Waals surface area contributed by atoms with Crippen molar-refractivity contribution in [2.75, 3.05) is 0 Å². The Morgan fingerprint density at radius 2 is 1.18 bits per heavy atom. The van der Waals surface area contributed by atoms with Gasteiger partial charge in [-0.25, -0.2) is 35.5 Å². The number of halogens is 5. The Labute approximate surface area is 157 Å². The van der Waals surface area contributed by atoms with E-state index in [1.54, 1.807) is 0 Å². The summed E-state index contributed by atoms with van der Waals surface area (Å²) in [7, 11) is -4.05. The van der Waals surface area contributed by atoms with Gasteiger partial charge in [0.2, 0.25) is 10.0 Å². The van der Waals surface area contributed by atoms with Crippen molar-refractivity contribution in [1.82, 2.24) is 0 Å².